The molecule has 0 fully saturated rings. The maximum atomic E-state index is 11.7. The molecule has 1 amide bonds. The molecule has 0 bridgehead atoms. The van der Waals surface area contributed by atoms with Crippen molar-refractivity contribution >= 4 is 23.3 Å². The molecule has 0 spiro atoms. The van der Waals surface area contributed by atoms with Gasteiger partial charge in [-0.15, -0.1) is 5.10 Å². The van der Waals surface area contributed by atoms with Gasteiger partial charge >= 0.3 is 0 Å². The summed E-state index contributed by atoms with van der Waals surface area (Å²) in [6.45, 7) is 2.36. The number of carbonyl (C=O) groups excluding carboxylic acids is 1. The predicted molar refractivity (Wildman–Crippen MR) is 71.6 cm³/mol. The molecule has 1 aromatic carbocycles. The van der Waals surface area contributed by atoms with Crippen LogP contribution in [0.25, 0.3) is 0 Å². The fourth-order valence-corrected chi connectivity index (χ4v) is 2.00. The third-order valence-corrected chi connectivity index (χ3v) is 2.86. The van der Waals surface area contributed by atoms with E-state index in [9.17, 15) is 4.79 Å². The van der Waals surface area contributed by atoms with Gasteiger partial charge in [-0.3, -0.25) is 4.79 Å². The Hall–Kier alpha value is -2.50. The SMILES string of the molecule is CC1=Nc2nnn(Cc3ccccc3)c2NC(=O)C1. The molecule has 0 atom stereocenters. The molecule has 2 heterocycles. The molecule has 0 unspecified atom stereocenters. The minimum atomic E-state index is -0.0865. The maximum Gasteiger partial charge on any atom is 0.231 e. The fourth-order valence-electron chi connectivity index (χ4n) is 2.00. The van der Waals surface area contributed by atoms with Gasteiger partial charge in [-0.25, -0.2) is 9.67 Å². The van der Waals surface area contributed by atoms with Gasteiger partial charge in [-0.2, -0.15) is 0 Å². The summed E-state index contributed by atoms with van der Waals surface area (Å²) in [5.74, 6) is 0.946. The topological polar surface area (TPSA) is 72.2 Å². The predicted octanol–water partition coefficient (Wildman–Crippen LogP) is 1.76. The van der Waals surface area contributed by atoms with Gasteiger partial charge in [0.25, 0.3) is 0 Å². The Morgan fingerprint density at radius 3 is 2.89 bits per heavy atom. The third-order valence-electron chi connectivity index (χ3n) is 2.86. The van der Waals surface area contributed by atoms with Gasteiger partial charge < -0.3 is 5.32 Å². The average molecular weight is 255 g/mol. The van der Waals surface area contributed by atoms with Crippen LogP contribution in [0.1, 0.15) is 18.9 Å². The van der Waals surface area contributed by atoms with Crippen molar-refractivity contribution in [1.82, 2.24) is 15.0 Å². The summed E-state index contributed by atoms with van der Waals surface area (Å²) >= 11 is 0. The monoisotopic (exact) mass is 255 g/mol. The van der Waals surface area contributed by atoms with E-state index < -0.39 is 0 Å². The largest absolute Gasteiger partial charge is 0.307 e. The quantitative estimate of drug-likeness (QED) is 0.888. The van der Waals surface area contributed by atoms with E-state index in [-0.39, 0.29) is 5.91 Å². The fraction of sp³-hybridized carbons (Fsp3) is 0.231. The van der Waals surface area contributed by atoms with Crippen molar-refractivity contribution in [2.75, 3.05) is 5.32 Å². The number of fused-ring (bicyclic) bond motifs is 1. The minimum absolute atomic E-state index is 0.0865. The van der Waals surface area contributed by atoms with Gasteiger partial charge in [0, 0.05) is 5.71 Å². The molecule has 2 aromatic rings. The highest BCUT2D eigenvalue weighted by Gasteiger charge is 2.19. The van der Waals surface area contributed by atoms with Crippen LogP contribution >= 0.6 is 0 Å². The Morgan fingerprint density at radius 2 is 2.11 bits per heavy atom. The van der Waals surface area contributed by atoms with Crippen LogP contribution in [0.15, 0.2) is 35.3 Å². The first kappa shape index (κ1) is 11.6. The third kappa shape index (κ3) is 2.37. The van der Waals surface area contributed by atoms with Gasteiger partial charge in [0.05, 0.1) is 13.0 Å². The summed E-state index contributed by atoms with van der Waals surface area (Å²) in [6.07, 6.45) is 0.293. The van der Waals surface area contributed by atoms with Gasteiger partial charge in [-0.1, -0.05) is 35.5 Å². The van der Waals surface area contributed by atoms with Crippen molar-refractivity contribution in [2.24, 2.45) is 4.99 Å². The molecule has 19 heavy (non-hydrogen) atoms. The van der Waals surface area contributed by atoms with Crippen LogP contribution in [0, 0.1) is 0 Å². The second-order valence-electron chi connectivity index (χ2n) is 4.48. The summed E-state index contributed by atoms with van der Waals surface area (Å²) in [5.41, 5.74) is 1.83. The number of rotatable bonds is 2. The van der Waals surface area contributed by atoms with Gasteiger partial charge in [0.2, 0.25) is 11.7 Å². The van der Waals surface area contributed by atoms with Crippen molar-refractivity contribution in [3.8, 4) is 0 Å². The van der Waals surface area contributed by atoms with E-state index in [0.717, 1.165) is 11.3 Å². The van der Waals surface area contributed by atoms with Crippen LogP contribution in [0.4, 0.5) is 11.6 Å². The molecular weight excluding hydrogens is 242 g/mol. The van der Waals surface area contributed by atoms with Crippen molar-refractivity contribution in [3.63, 3.8) is 0 Å². The first-order valence-corrected chi connectivity index (χ1v) is 6.04. The van der Waals surface area contributed by atoms with E-state index >= 15 is 0 Å². The van der Waals surface area contributed by atoms with Gasteiger partial charge in [0.1, 0.15) is 0 Å². The van der Waals surface area contributed by atoms with E-state index in [0.29, 0.717) is 24.6 Å². The molecule has 1 aliphatic rings. The number of anilines is 1. The number of nitrogens with one attached hydrogen (secondary N) is 1. The average Bonchev–Trinajstić information content (AvgIpc) is 2.67. The molecule has 1 aliphatic heterocycles. The molecule has 0 radical (unpaired) electrons. The zero-order chi connectivity index (χ0) is 13.2. The van der Waals surface area contributed by atoms with Crippen molar-refractivity contribution in [2.45, 2.75) is 19.9 Å². The highest BCUT2D eigenvalue weighted by molar-refractivity contribution is 6.08. The lowest BCUT2D eigenvalue weighted by Crippen LogP contribution is -2.16. The molecule has 96 valence electrons. The highest BCUT2D eigenvalue weighted by atomic mass is 16.1. The summed E-state index contributed by atoms with van der Waals surface area (Å²) in [5, 5.41) is 10.9. The van der Waals surface area contributed by atoms with E-state index in [4.69, 9.17) is 0 Å². The van der Waals surface area contributed by atoms with Crippen LogP contribution in [0.2, 0.25) is 0 Å². The number of aliphatic imine (C=N–C) groups is 1. The van der Waals surface area contributed by atoms with E-state index in [1.807, 2.05) is 37.3 Å². The maximum absolute atomic E-state index is 11.7. The number of benzene rings is 1. The zero-order valence-corrected chi connectivity index (χ0v) is 10.5. The molecule has 1 aromatic heterocycles. The van der Waals surface area contributed by atoms with Crippen LogP contribution in [-0.4, -0.2) is 26.6 Å². The Balaban J connectivity index is 1.95. The Morgan fingerprint density at radius 1 is 1.32 bits per heavy atom. The summed E-state index contributed by atoms with van der Waals surface area (Å²) in [7, 11) is 0. The molecule has 0 aliphatic carbocycles. The lowest BCUT2D eigenvalue weighted by atomic mass is 10.2. The van der Waals surface area contributed by atoms with Crippen molar-refractivity contribution in [1.29, 1.82) is 0 Å². The molecule has 0 saturated heterocycles. The smallest absolute Gasteiger partial charge is 0.231 e. The molecule has 6 nitrogen and oxygen atoms in total. The number of aromatic nitrogens is 3. The number of hydrogen-bond acceptors (Lipinski definition) is 4. The molecular formula is C13H13N5O. The zero-order valence-electron chi connectivity index (χ0n) is 10.5. The molecule has 1 N–H and O–H groups in total. The first-order valence-electron chi connectivity index (χ1n) is 6.04. The Kier molecular flexibility index (Phi) is 2.83. The van der Waals surface area contributed by atoms with Gasteiger partial charge in [-0.05, 0) is 12.5 Å². The van der Waals surface area contributed by atoms with E-state index in [1.165, 1.54) is 0 Å². The number of carbonyl (C=O) groups is 1. The van der Waals surface area contributed by atoms with E-state index in [2.05, 4.69) is 20.6 Å². The van der Waals surface area contributed by atoms with Gasteiger partial charge in [0.15, 0.2) is 5.82 Å². The summed E-state index contributed by atoms with van der Waals surface area (Å²) < 4.78 is 1.66. The Labute approximate surface area is 110 Å². The van der Waals surface area contributed by atoms with Crippen LogP contribution < -0.4 is 5.32 Å². The van der Waals surface area contributed by atoms with Crippen LogP contribution in [0.3, 0.4) is 0 Å². The minimum Gasteiger partial charge on any atom is -0.307 e. The van der Waals surface area contributed by atoms with E-state index in [1.54, 1.807) is 4.68 Å². The summed E-state index contributed by atoms with van der Waals surface area (Å²) in [4.78, 5) is 16.0. The normalized spacial score (nSPS) is 14.4. The highest BCUT2D eigenvalue weighted by Crippen LogP contribution is 2.25. The summed E-state index contributed by atoms with van der Waals surface area (Å²) in [6, 6.07) is 9.89. The number of nitrogens with zero attached hydrogens (tertiary/aromatic N) is 4. The van der Waals surface area contributed by atoms with Crippen molar-refractivity contribution < 1.29 is 4.79 Å². The Bertz CT molecular complexity index is 644. The van der Waals surface area contributed by atoms with Crippen molar-refractivity contribution in [3.05, 3.63) is 35.9 Å². The molecule has 0 saturated carbocycles. The molecule has 3 rings (SSSR count). The molecule has 6 heteroatoms. The van der Waals surface area contributed by atoms with Crippen LogP contribution in [-0.2, 0) is 11.3 Å². The van der Waals surface area contributed by atoms with Crippen LogP contribution in [0.5, 0.6) is 0 Å². The lowest BCUT2D eigenvalue weighted by Gasteiger charge is -2.06. The second-order valence-corrected chi connectivity index (χ2v) is 4.48. The standard InChI is InChI=1S/C13H13N5O/c1-9-7-11(19)15-13-12(14-9)16-17-18(13)8-10-5-3-2-4-6-10/h2-6H,7-8H2,1H3,(H,15,19). The number of hydrogen-bond donors (Lipinski definition) is 1. The number of amides is 1. The first-order chi connectivity index (χ1) is 9.22. The second kappa shape index (κ2) is 4.64. The lowest BCUT2D eigenvalue weighted by molar-refractivity contribution is -0.115.